The number of carbonyl (C=O) groups excluding carboxylic acids is 4. The number of carbonyl (C=O) groups is 4. The van der Waals surface area contributed by atoms with Crippen LogP contribution in [0.1, 0.15) is 36.6 Å². The van der Waals surface area contributed by atoms with E-state index in [-0.39, 0.29) is 29.3 Å². The molecule has 1 aliphatic heterocycles. The van der Waals surface area contributed by atoms with Gasteiger partial charge >= 0.3 is 6.03 Å². The number of hydrogen-bond acceptors (Lipinski definition) is 4. The molecule has 1 heterocycles. The van der Waals surface area contributed by atoms with Crippen LogP contribution in [0, 0.1) is 0 Å². The number of benzene rings is 2. The summed E-state index contributed by atoms with van der Waals surface area (Å²) in [5.74, 6) is -0.913. The standard InChI is InChI=1S/C20H20N4O4/c1-21-17(25)13-6-4-12(5-7-13)11-23(2)20(28)22-14-8-9-15-16(10-14)19(27)24(3)18(15)26/h4-10H,11H2,1-3H3,(H,21,25)(H,22,28). The fourth-order valence-electron chi connectivity index (χ4n) is 2.91. The highest BCUT2D eigenvalue weighted by atomic mass is 16.2. The van der Waals surface area contributed by atoms with Gasteiger partial charge in [-0.2, -0.15) is 0 Å². The number of amides is 5. The molecule has 0 spiro atoms. The summed E-state index contributed by atoms with van der Waals surface area (Å²) >= 11 is 0. The second kappa shape index (κ2) is 7.51. The van der Waals surface area contributed by atoms with Crippen LogP contribution in [0.3, 0.4) is 0 Å². The van der Waals surface area contributed by atoms with Crippen LogP contribution in [0.25, 0.3) is 0 Å². The Bertz CT molecular complexity index is 969. The molecule has 8 nitrogen and oxygen atoms in total. The van der Waals surface area contributed by atoms with E-state index < -0.39 is 0 Å². The van der Waals surface area contributed by atoms with Crippen molar-refractivity contribution >= 4 is 29.4 Å². The first-order valence-corrected chi connectivity index (χ1v) is 8.61. The Balaban J connectivity index is 1.66. The number of hydrogen-bond donors (Lipinski definition) is 2. The summed E-state index contributed by atoms with van der Waals surface area (Å²) in [6, 6.07) is 11.2. The number of nitrogens with one attached hydrogen (secondary N) is 2. The fourth-order valence-corrected chi connectivity index (χ4v) is 2.91. The zero-order valence-electron chi connectivity index (χ0n) is 15.8. The third kappa shape index (κ3) is 3.57. The molecule has 0 bridgehead atoms. The van der Waals surface area contributed by atoms with Gasteiger partial charge in [-0.25, -0.2) is 4.79 Å². The monoisotopic (exact) mass is 380 g/mol. The summed E-state index contributed by atoms with van der Waals surface area (Å²) in [7, 11) is 4.62. The molecule has 5 amide bonds. The first-order chi connectivity index (χ1) is 13.3. The number of urea groups is 1. The topological polar surface area (TPSA) is 98.8 Å². The summed E-state index contributed by atoms with van der Waals surface area (Å²) in [5.41, 5.74) is 2.44. The van der Waals surface area contributed by atoms with E-state index in [0.29, 0.717) is 23.4 Å². The van der Waals surface area contributed by atoms with Crippen molar-refractivity contribution < 1.29 is 19.2 Å². The number of imide groups is 1. The maximum atomic E-state index is 12.4. The minimum atomic E-state index is -0.388. The van der Waals surface area contributed by atoms with Crippen LogP contribution in [-0.4, -0.2) is 54.7 Å². The van der Waals surface area contributed by atoms with E-state index in [1.54, 1.807) is 44.4 Å². The number of nitrogens with zero attached hydrogens (tertiary/aromatic N) is 2. The van der Waals surface area contributed by atoms with Gasteiger partial charge in [-0.05, 0) is 35.9 Å². The molecule has 2 aromatic carbocycles. The van der Waals surface area contributed by atoms with Crippen molar-refractivity contribution in [1.29, 1.82) is 0 Å². The predicted octanol–water partition coefficient (Wildman–Crippen LogP) is 1.94. The van der Waals surface area contributed by atoms with Crippen LogP contribution in [0.5, 0.6) is 0 Å². The molecular weight excluding hydrogens is 360 g/mol. The zero-order valence-corrected chi connectivity index (χ0v) is 15.8. The first kappa shape index (κ1) is 19.1. The van der Waals surface area contributed by atoms with Crippen LogP contribution >= 0.6 is 0 Å². The normalized spacial score (nSPS) is 12.6. The lowest BCUT2D eigenvalue weighted by atomic mass is 10.1. The minimum absolute atomic E-state index is 0.173. The Morgan fingerprint density at radius 3 is 2.29 bits per heavy atom. The molecule has 0 saturated heterocycles. The molecule has 0 saturated carbocycles. The molecule has 8 heteroatoms. The van der Waals surface area contributed by atoms with Crippen molar-refractivity contribution in [1.82, 2.24) is 15.1 Å². The lowest BCUT2D eigenvalue weighted by Gasteiger charge is -2.18. The summed E-state index contributed by atoms with van der Waals surface area (Å²) in [4.78, 5) is 50.5. The van der Waals surface area contributed by atoms with Crippen molar-refractivity contribution in [3.63, 3.8) is 0 Å². The van der Waals surface area contributed by atoms with Crippen molar-refractivity contribution in [3.8, 4) is 0 Å². The molecule has 0 atom stereocenters. The van der Waals surface area contributed by atoms with Crippen molar-refractivity contribution in [2.75, 3.05) is 26.5 Å². The van der Waals surface area contributed by atoms with Crippen LogP contribution in [0.2, 0.25) is 0 Å². The largest absolute Gasteiger partial charge is 0.355 e. The van der Waals surface area contributed by atoms with Crippen molar-refractivity contribution in [2.24, 2.45) is 0 Å². The first-order valence-electron chi connectivity index (χ1n) is 8.61. The third-order valence-electron chi connectivity index (χ3n) is 4.55. The van der Waals surface area contributed by atoms with Gasteiger partial charge in [0, 0.05) is 38.9 Å². The van der Waals surface area contributed by atoms with E-state index >= 15 is 0 Å². The van der Waals surface area contributed by atoms with Crippen LogP contribution < -0.4 is 10.6 Å². The Labute approximate surface area is 162 Å². The quantitative estimate of drug-likeness (QED) is 0.792. The second-order valence-electron chi connectivity index (χ2n) is 6.49. The lowest BCUT2D eigenvalue weighted by molar-refractivity contribution is 0.0692. The molecule has 0 fully saturated rings. The van der Waals surface area contributed by atoms with Gasteiger partial charge in [0.2, 0.25) is 0 Å². The highest BCUT2D eigenvalue weighted by Crippen LogP contribution is 2.25. The highest BCUT2D eigenvalue weighted by molar-refractivity contribution is 6.21. The summed E-state index contributed by atoms with van der Waals surface area (Å²) in [6.45, 7) is 0.338. The Hall–Kier alpha value is -3.68. The van der Waals surface area contributed by atoms with Gasteiger partial charge in [0.1, 0.15) is 0 Å². The highest BCUT2D eigenvalue weighted by Gasteiger charge is 2.32. The van der Waals surface area contributed by atoms with E-state index in [4.69, 9.17) is 0 Å². The lowest BCUT2D eigenvalue weighted by Crippen LogP contribution is -2.31. The molecule has 28 heavy (non-hydrogen) atoms. The number of anilines is 1. The second-order valence-corrected chi connectivity index (χ2v) is 6.49. The van der Waals surface area contributed by atoms with E-state index in [9.17, 15) is 19.2 Å². The van der Waals surface area contributed by atoms with Gasteiger partial charge < -0.3 is 15.5 Å². The van der Waals surface area contributed by atoms with E-state index in [1.165, 1.54) is 24.1 Å². The van der Waals surface area contributed by atoms with Gasteiger partial charge in [-0.15, -0.1) is 0 Å². The molecule has 144 valence electrons. The average Bonchev–Trinajstić information content (AvgIpc) is 2.91. The molecule has 2 N–H and O–H groups in total. The molecule has 0 aliphatic carbocycles. The van der Waals surface area contributed by atoms with Gasteiger partial charge in [0.25, 0.3) is 17.7 Å². The minimum Gasteiger partial charge on any atom is -0.355 e. The Morgan fingerprint density at radius 2 is 1.64 bits per heavy atom. The fraction of sp³-hybridized carbons (Fsp3) is 0.200. The Kier molecular flexibility index (Phi) is 5.12. The summed E-state index contributed by atoms with van der Waals surface area (Å²) in [5, 5.41) is 5.27. The van der Waals surface area contributed by atoms with Gasteiger partial charge in [-0.1, -0.05) is 12.1 Å². The summed E-state index contributed by atoms with van der Waals surface area (Å²) in [6.07, 6.45) is 0. The van der Waals surface area contributed by atoms with Crippen LogP contribution in [-0.2, 0) is 6.54 Å². The molecule has 0 radical (unpaired) electrons. The third-order valence-corrected chi connectivity index (χ3v) is 4.55. The van der Waals surface area contributed by atoms with E-state index in [1.807, 2.05) is 0 Å². The Morgan fingerprint density at radius 1 is 1.00 bits per heavy atom. The van der Waals surface area contributed by atoms with Gasteiger partial charge in [0.15, 0.2) is 0 Å². The molecule has 1 aliphatic rings. The van der Waals surface area contributed by atoms with E-state index in [2.05, 4.69) is 10.6 Å². The van der Waals surface area contributed by atoms with Crippen molar-refractivity contribution in [2.45, 2.75) is 6.54 Å². The number of rotatable bonds is 4. The average molecular weight is 380 g/mol. The number of fused-ring (bicyclic) bond motifs is 1. The molecular formula is C20H20N4O4. The van der Waals surface area contributed by atoms with Gasteiger partial charge in [0.05, 0.1) is 11.1 Å². The van der Waals surface area contributed by atoms with Crippen molar-refractivity contribution in [3.05, 3.63) is 64.7 Å². The van der Waals surface area contributed by atoms with Crippen LogP contribution in [0.15, 0.2) is 42.5 Å². The smallest absolute Gasteiger partial charge is 0.321 e. The predicted molar refractivity (Wildman–Crippen MR) is 103 cm³/mol. The van der Waals surface area contributed by atoms with E-state index in [0.717, 1.165) is 10.5 Å². The zero-order chi connectivity index (χ0) is 20.4. The van der Waals surface area contributed by atoms with Gasteiger partial charge in [-0.3, -0.25) is 19.3 Å². The molecule has 0 unspecified atom stereocenters. The van der Waals surface area contributed by atoms with Crippen LogP contribution in [0.4, 0.5) is 10.5 Å². The maximum Gasteiger partial charge on any atom is 0.321 e. The molecule has 3 rings (SSSR count). The molecule has 2 aromatic rings. The maximum absolute atomic E-state index is 12.4. The summed E-state index contributed by atoms with van der Waals surface area (Å²) < 4.78 is 0. The SMILES string of the molecule is CNC(=O)c1ccc(CN(C)C(=O)Nc2ccc3c(c2)C(=O)N(C)C3=O)cc1. The molecule has 0 aromatic heterocycles.